The van der Waals surface area contributed by atoms with Crippen molar-refractivity contribution in [2.75, 3.05) is 0 Å². The minimum Gasteiger partial charge on any atom is -0.512 e. The summed E-state index contributed by atoms with van der Waals surface area (Å²) in [5.41, 5.74) is 7.65. The summed E-state index contributed by atoms with van der Waals surface area (Å²) in [5, 5.41) is 13.1. The van der Waals surface area contributed by atoms with E-state index >= 15 is 0 Å². The Labute approximate surface area is 290 Å². The van der Waals surface area contributed by atoms with Gasteiger partial charge in [-0.2, -0.15) is 0 Å². The van der Waals surface area contributed by atoms with E-state index < -0.39 is 0 Å². The van der Waals surface area contributed by atoms with Crippen molar-refractivity contribution in [3.05, 3.63) is 102 Å². The number of ketones is 1. The third-order valence-electron chi connectivity index (χ3n) is 9.67. The van der Waals surface area contributed by atoms with E-state index in [4.69, 9.17) is 13.8 Å². The number of carbonyl (C=O) groups is 1. The Balaban J connectivity index is 0.000000234. The molecule has 3 heterocycles. The number of aromatic nitrogens is 1. The molecule has 3 aromatic carbocycles. The molecule has 1 aliphatic rings. The van der Waals surface area contributed by atoms with Crippen LogP contribution < -0.4 is 0 Å². The van der Waals surface area contributed by atoms with Gasteiger partial charge in [-0.15, -0.1) is 29.3 Å². The molecule has 7 rings (SSSR count). The minimum atomic E-state index is -0.227. The molecule has 3 aromatic heterocycles. The molecule has 0 bridgehead atoms. The molecule has 0 saturated heterocycles. The van der Waals surface area contributed by atoms with Gasteiger partial charge in [-0.05, 0) is 48.9 Å². The Morgan fingerprint density at radius 3 is 2.09 bits per heavy atom. The summed E-state index contributed by atoms with van der Waals surface area (Å²) in [4.78, 5) is 16.6. The molecule has 47 heavy (non-hydrogen) atoms. The average molecular weight is 805 g/mol. The predicted octanol–water partition coefficient (Wildman–Crippen LogP) is 11.4. The number of hydrogen-bond acceptors (Lipinski definition) is 5. The first-order valence-corrected chi connectivity index (χ1v) is 16.5. The van der Waals surface area contributed by atoms with Gasteiger partial charge in [-0.1, -0.05) is 95.6 Å². The van der Waals surface area contributed by atoms with E-state index in [1.807, 2.05) is 64.1 Å². The van der Waals surface area contributed by atoms with Crippen LogP contribution in [0.4, 0.5) is 0 Å². The second-order valence-electron chi connectivity index (χ2n) is 12.7. The Hall–Kier alpha value is -3.99. The van der Waals surface area contributed by atoms with Gasteiger partial charge < -0.3 is 13.9 Å². The van der Waals surface area contributed by atoms with E-state index in [1.165, 1.54) is 22.6 Å². The molecule has 0 aliphatic heterocycles. The van der Waals surface area contributed by atoms with Gasteiger partial charge in [0.1, 0.15) is 16.9 Å². The van der Waals surface area contributed by atoms with Gasteiger partial charge in [-0.3, -0.25) is 9.78 Å². The normalized spacial score (nSPS) is 13.5. The molecule has 5 nitrogen and oxygen atoms in total. The molecular weight excluding hydrogens is 763 g/mol. The summed E-state index contributed by atoms with van der Waals surface area (Å²) >= 11 is 0. The van der Waals surface area contributed by atoms with Gasteiger partial charge in [0.05, 0.1) is 5.76 Å². The van der Waals surface area contributed by atoms with E-state index in [-0.39, 0.29) is 48.9 Å². The molecule has 0 fully saturated rings. The van der Waals surface area contributed by atoms with Crippen molar-refractivity contribution in [1.29, 1.82) is 0 Å². The average Bonchev–Trinajstić information content (AvgIpc) is 3.71. The molecule has 0 atom stereocenters. The number of pyridine rings is 1. The summed E-state index contributed by atoms with van der Waals surface area (Å²) < 4.78 is 12.4. The maximum atomic E-state index is 11.7. The number of hydrogen-bond donors (Lipinski definition) is 1. The number of rotatable bonds is 8. The predicted molar refractivity (Wildman–Crippen MR) is 187 cm³/mol. The molecule has 6 aromatic rings. The second-order valence-corrected chi connectivity index (χ2v) is 12.7. The molecule has 0 saturated carbocycles. The molecule has 0 amide bonds. The first-order valence-electron chi connectivity index (χ1n) is 16.5. The van der Waals surface area contributed by atoms with Crippen molar-refractivity contribution in [3.8, 4) is 22.6 Å². The van der Waals surface area contributed by atoms with Gasteiger partial charge in [0.25, 0.3) is 0 Å². The molecule has 0 spiro atoms. The molecular formula is C41H42IrNO4-. The topological polar surface area (TPSA) is 76.5 Å². The van der Waals surface area contributed by atoms with Gasteiger partial charge >= 0.3 is 0 Å². The van der Waals surface area contributed by atoms with Crippen LogP contribution in [0.25, 0.3) is 55.6 Å². The van der Waals surface area contributed by atoms with Crippen molar-refractivity contribution in [3.63, 3.8) is 0 Å². The van der Waals surface area contributed by atoms with Crippen LogP contribution in [-0.2, 0) is 30.3 Å². The maximum Gasteiger partial charge on any atom is 0.218 e. The smallest absolute Gasteiger partial charge is 0.218 e. The van der Waals surface area contributed by atoms with Crippen molar-refractivity contribution >= 4 is 38.8 Å². The number of para-hydroxylation sites is 2. The molecule has 1 N–H and O–H groups in total. The van der Waals surface area contributed by atoms with E-state index in [9.17, 15) is 9.90 Å². The quantitative estimate of drug-likeness (QED) is 0.0942. The summed E-state index contributed by atoms with van der Waals surface area (Å²) in [6, 6.07) is 28.1. The number of aliphatic hydroxyl groups is 1. The van der Waals surface area contributed by atoms with Crippen LogP contribution in [0.1, 0.15) is 78.4 Å². The number of fused-ring (bicyclic) bond motifs is 8. The monoisotopic (exact) mass is 805 g/mol. The zero-order valence-corrected chi connectivity index (χ0v) is 30.3. The first kappa shape index (κ1) is 34.3. The second kappa shape index (κ2) is 14.0. The standard InChI is InChI=1S/C28H18NO2.C13H24O2.Ir/c1-28(2)24-18(21-15-14-17-16-8-3-5-12-22(16)31-27(17)29-21)10-7-11-20(24)26-25(28)19-9-4-6-13-23(19)30-26;1-5-10(6-2)12(14)9-13(15)11(7-3)8-4;/h3-9,11-15H,1-2H3;9-11,14H,5-8H2,1-4H3;/q-1;;/b;12-9-;. The van der Waals surface area contributed by atoms with Crippen LogP contribution in [0.5, 0.6) is 0 Å². The van der Waals surface area contributed by atoms with E-state index in [0.717, 1.165) is 70.2 Å². The van der Waals surface area contributed by atoms with Gasteiger partial charge in [0.2, 0.25) is 5.71 Å². The van der Waals surface area contributed by atoms with Crippen LogP contribution >= 0.6 is 0 Å². The maximum absolute atomic E-state index is 11.7. The summed E-state index contributed by atoms with van der Waals surface area (Å²) in [6.07, 6.45) is 4.91. The van der Waals surface area contributed by atoms with Crippen LogP contribution in [-0.4, -0.2) is 15.9 Å². The van der Waals surface area contributed by atoms with Crippen molar-refractivity contribution < 1.29 is 38.8 Å². The minimum absolute atomic E-state index is 0. The summed E-state index contributed by atoms with van der Waals surface area (Å²) in [6.45, 7) is 12.6. The van der Waals surface area contributed by atoms with Crippen LogP contribution in [0, 0.1) is 17.9 Å². The number of benzene rings is 3. The number of aliphatic hydroxyl groups excluding tert-OH is 1. The Morgan fingerprint density at radius 1 is 0.809 bits per heavy atom. The largest absolute Gasteiger partial charge is 0.512 e. The molecule has 1 radical (unpaired) electrons. The van der Waals surface area contributed by atoms with Gasteiger partial charge in [0.15, 0.2) is 5.78 Å². The van der Waals surface area contributed by atoms with Crippen LogP contribution in [0.3, 0.4) is 0 Å². The van der Waals surface area contributed by atoms with E-state index in [0.29, 0.717) is 5.71 Å². The number of carbonyl (C=O) groups excluding carboxylic acids is 1. The molecule has 0 unspecified atom stereocenters. The fourth-order valence-electron chi connectivity index (χ4n) is 7.04. The fraction of sp³-hybridized carbons (Fsp3) is 0.317. The third-order valence-corrected chi connectivity index (χ3v) is 9.67. The summed E-state index contributed by atoms with van der Waals surface area (Å²) in [7, 11) is 0. The van der Waals surface area contributed by atoms with Gasteiger partial charge in [0, 0.05) is 59.7 Å². The fourth-order valence-corrected chi connectivity index (χ4v) is 7.04. The zero-order chi connectivity index (χ0) is 32.6. The zero-order valence-electron chi connectivity index (χ0n) is 27.9. The van der Waals surface area contributed by atoms with Crippen molar-refractivity contribution in [1.82, 2.24) is 4.98 Å². The summed E-state index contributed by atoms with van der Waals surface area (Å²) in [5.74, 6) is 1.51. The van der Waals surface area contributed by atoms with E-state index in [1.54, 1.807) is 0 Å². The van der Waals surface area contributed by atoms with E-state index in [2.05, 4.69) is 56.3 Å². The SMILES string of the molecule is CC1(C)c2c(-c3ccc4c(n3)oc3ccccc34)[c-]ccc2-c2oc3ccccc3c21.CCC(CC)C(=O)/C=C(\O)C(CC)CC.[Ir]. The van der Waals surface area contributed by atoms with Crippen molar-refractivity contribution in [2.24, 2.45) is 11.8 Å². The number of furan rings is 2. The first-order chi connectivity index (χ1) is 22.2. The molecule has 6 heteroatoms. The van der Waals surface area contributed by atoms with Crippen molar-refractivity contribution in [2.45, 2.75) is 72.6 Å². The Bertz CT molecular complexity index is 2070. The number of allylic oxidation sites excluding steroid dienone is 2. The Kier molecular flexibility index (Phi) is 10.2. The Morgan fingerprint density at radius 2 is 1.43 bits per heavy atom. The van der Waals surface area contributed by atoms with Crippen LogP contribution in [0.2, 0.25) is 0 Å². The molecule has 1 aliphatic carbocycles. The molecule has 245 valence electrons. The third kappa shape index (κ3) is 6.10. The number of nitrogens with zero attached hydrogens (tertiary/aromatic N) is 1. The van der Waals surface area contributed by atoms with Crippen LogP contribution in [0.15, 0.2) is 93.5 Å². The van der Waals surface area contributed by atoms with Gasteiger partial charge in [-0.25, -0.2) is 0 Å².